The number of nitrogens with zero attached hydrogens (tertiary/aromatic N) is 1. The van der Waals surface area contributed by atoms with E-state index in [1.807, 2.05) is 0 Å². The first-order chi connectivity index (χ1) is 12.6. The first kappa shape index (κ1) is 23.0. The molecule has 28 heavy (non-hydrogen) atoms. The minimum atomic E-state index is -6.93. The quantitative estimate of drug-likeness (QED) is 0.351. The van der Waals surface area contributed by atoms with E-state index in [4.69, 9.17) is 0 Å². The van der Waals surface area contributed by atoms with Gasteiger partial charge in [0, 0.05) is 32.3 Å². The molecular weight excluding hydrogens is 558 g/mol. The van der Waals surface area contributed by atoms with Gasteiger partial charge in [0.25, 0.3) is 9.84 Å². The summed E-state index contributed by atoms with van der Waals surface area (Å²) in [7, 11) is -6.70. The average Bonchev–Trinajstić information content (AvgIpc) is 2.53. The third kappa shape index (κ3) is 3.54. The molecule has 0 bridgehead atoms. The van der Waals surface area contributed by atoms with Gasteiger partial charge in [0.05, 0.1) is 4.90 Å². The van der Waals surface area contributed by atoms with Crippen LogP contribution < -0.4 is 0 Å². The number of rotatable bonds is 4. The highest BCUT2D eigenvalue weighted by atomic mass is 79.9. The first-order valence-corrected chi connectivity index (χ1v) is 9.72. The van der Waals surface area contributed by atoms with Crippen LogP contribution in [0.25, 0.3) is 11.1 Å². The summed E-state index contributed by atoms with van der Waals surface area (Å²) >= 11 is 5.39. The van der Waals surface area contributed by atoms with Crippen molar-refractivity contribution in [2.24, 2.45) is 0 Å². The molecule has 0 saturated carbocycles. The number of pyridine rings is 1. The molecule has 1 heterocycles. The van der Waals surface area contributed by atoms with Gasteiger partial charge in [0.2, 0.25) is 5.95 Å². The fraction of sp³-hybridized carbons (Fsp3) is 0.214. The molecule has 0 fully saturated rings. The highest BCUT2D eigenvalue weighted by Crippen LogP contribution is 2.52. The standard InChI is InChI=1S/C14H4Br2F8NO2S/c15-6-4-8(16)10(7-2-1-3-25-11(7)17)9(5-6)28(26,27)14(23,24)12(18,19)13(20,21)22/h1-3,5H. The van der Waals surface area contributed by atoms with Crippen molar-refractivity contribution in [2.75, 3.05) is 0 Å². The lowest BCUT2D eigenvalue weighted by molar-refractivity contribution is -0.332. The fourth-order valence-corrected chi connectivity index (χ4v) is 5.11. The summed E-state index contributed by atoms with van der Waals surface area (Å²) < 4.78 is 130. The van der Waals surface area contributed by atoms with Gasteiger partial charge in [-0.1, -0.05) is 15.9 Å². The maximum Gasteiger partial charge on any atom is 0.461 e. The smallest absolute Gasteiger partial charge is 0.228 e. The predicted octanol–water partition coefficient (Wildman–Crippen LogP) is 5.78. The van der Waals surface area contributed by atoms with Gasteiger partial charge >= 0.3 is 17.4 Å². The van der Waals surface area contributed by atoms with Crippen LogP contribution in [0.15, 0.2) is 38.2 Å². The van der Waals surface area contributed by atoms with E-state index in [1.54, 1.807) is 0 Å². The van der Waals surface area contributed by atoms with Crippen molar-refractivity contribution < 1.29 is 43.5 Å². The third-order valence-electron chi connectivity index (χ3n) is 3.33. The molecule has 0 atom stereocenters. The first-order valence-electron chi connectivity index (χ1n) is 6.65. The molecule has 3 nitrogen and oxygen atoms in total. The van der Waals surface area contributed by atoms with Gasteiger partial charge in [-0.3, -0.25) is 0 Å². The van der Waals surface area contributed by atoms with Gasteiger partial charge < -0.3 is 0 Å². The minimum absolute atomic E-state index is 0.308. The Bertz CT molecular complexity index is 1020. The molecule has 14 heteroatoms. The molecule has 153 valence electrons. The highest BCUT2D eigenvalue weighted by Gasteiger charge is 2.78. The summed E-state index contributed by atoms with van der Waals surface area (Å²) in [5, 5.41) is -6.61. The van der Waals surface area contributed by atoms with Crippen molar-refractivity contribution in [3.8, 4) is 11.1 Å². The number of benzene rings is 1. The zero-order valence-corrected chi connectivity index (χ0v) is 16.7. The van der Waals surface area contributed by atoms with Crippen LogP contribution in [0.2, 0.25) is 0 Å². The van der Waals surface area contributed by atoms with E-state index < -0.39 is 58.1 Å². The van der Waals surface area contributed by atoms with E-state index in [0.717, 1.165) is 18.3 Å². The Morgan fingerprint density at radius 2 is 1.61 bits per heavy atom. The number of sulfone groups is 1. The Morgan fingerprint density at radius 3 is 2.11 bits per heavy atom. The van der Waals surface area contributed by atoms with E-state index in [2.05, 4.69) is 42.9 Å². The van der Waals surface area contributed by atoms with Crippen molar-refractivity contribution in [3.05, 3.63) is 45.4 Å². The van der Waals surface area contributed by atoms with Crippen LogP contribution in [0, 0.1) is 12.0 Å². The average molecular weight is 562 g/mol. The topological polar surface area (TPSA) is 47.0 Å². The van der Waals surface area contributed by atoms with Crippen LogP contribution in [-0.4, -0.2) is 30.8 Å². The summed E-state index contributed by atoms with van der Waals surface area (Å²) in [4.78, 5) is 1.48. The Morgan fingerprint density at radius 1 is 1.04 bits per heavy atom. The Balaban J connectivity index is 2.90. The van der Waals surface area contributed by atoms with Crippen molar-refractivity contribution in [1.29, 1.82) is 0 Å². The zero-order valence-electron chi connectivity index (χ0n) is 12.8. The largest absolute Gasteiger partial charge is 0.461 e. The summed E-state index contributed by atoms with van der Waals surface area (Å²) in [5.41, 5.74) is -1.70. The molecule has 0 amide bonds. The second-order valence-electron chi connectivity index (χ2n) is 5.10. The lowest BCUT2D eigenvalue weighted by atomic mass is 10.1. The summed E-state index contributed by atoms with van der Waals surface area (Å²) in [6.07, 6.45) is -5.96. The zero-order chi connectivity index (χ0) is 21.7. The molecule has 0 aliphatic heterocycles. The summed E-state index contributed by atoms with van der Waals surface area (Å²) in [5.74, 6) is -8.32. The predicted molar refractivity (Wildman–Crippen MR) is 87.0 cm³/mol. The highest BCUT2D eigenvalue weighted by molar-refractivity contribution is 9.11. The van der Waals surface area contributed by atoms with E-state index in [1.165, 1.54) is 0 Å². The third-order valence-corrected chi connectivity index (χ3v) is 6.18. The fourth-order valence-electron chi connectivity index (χ4n) is 2.01. The Kier molecular flexibility index (Phi) is 5.92. The maximum absolute atomic E-state index is 14.0. The number of hydrogen-bond acceptors (Lipinski definition) is 3. The molecule has 0 aliphatic carbocycles. The maximum atomic E-state index is 14.0. The van der Waals surface area contributed by atoms with Crippen molar-refractivity contribution >= 4 is 41.7 Å². The van der Waals surface area contributed by atoms with Crippen molar-refractivity contribution in [3.63, 3.8) is 0 Å². The second-order valence-corrected chi connectivity index (χ2v) is 8.71. The molecule has 1 aromatic carbocycles. The summed E-state index contributed by atoms with van der Waals surface area (Å²) in [6.45, 7) is 0. The monoisotopic (exact) mass is 560 g/mol. The minimum Gasteiger partial charge on any atom is -0.228 e. The van der Waals surface area contributed by atoms with Crippen LogP contribution in [0.1, 0.15) is 0 Å². The van der Waals surface area contributed by atoms with E-state index in [0.29, 0.717) is 6.07 Å². The van der Waals surface area contributed by atoms with Crippen LogP contribution in [0.3, 0.4) is 0 Å². The normalized spacial score (nSPS) is 13.6. The lowest BCUT2D eigenvalue weighted by Crippen LogP contribution is -2.56. The Hall–Kier alpha value is -1.28. The molecule has 0 N–H and O–H groups in total. The van der Waals surface area contributed by atoms with Gasteiger partial charge in [-0.05, 0) is 34.1 Å². The molecule has 0 saturated heterocycles. The molecular formula is C14H4Br2F8NO2S. The lowest BCUT2D eigenvalue weighted by Gasteiger charge is -2.28. The molecule has 1 aromatic heterocycles. The van der Waals surface area contributed by atoms with Crippen molar-refractivity contribution in [2.45, 2.75) is 22.2 Å². The molecule has 0 aliphatic rings. The van der Waals surface area contributed by atoms with E-state index >= 15 is 0 Å². The van der Waals surface area contributed by atoms with E-state index in [-0.39, 0.29) is 0 Å². The number of halogens is 10. The molecule has 1 radical (unpaired) electrons. The van der Waals surface area contributed by atoms with Gasteiger partial charge in [-0.25, -0.2) is 13.4 Å². The number of alkyl halides is 7. The SMILES string of the molecule is O=S(=O)(c1cc(Br)[c]c(Br)c1-c1cccnc1F)C(F)(F)C(F)(F)C(F)(F)F. The Labute approximate surface area is 168 Å². The van der Waals surface area contributed by atoms with Crippen LogP contribution in [0.5, 0.6) is 0 Å². The molecule has 2 aromatic rings. The number of aromatic nitrogens is 1. The molecule has 2 rings (SSSR count). The second kappa shape index (κ2) is 7.20. The van der Waals surface area contributed by atoms with Crippen LogP contribution in [-0.2, 0) is 9.84 Å². The van der Waals surface area contributed by atoms with Gasteiger partial charge in [0.1, 0.15) is 0 Å². The van der Waals surface area contributed by atoms with Crippen LogP contribution >= 0.6 is 31.9 Å². The molecule has 0 spiro atoms. The number of hydrogen-bond donors (Lipinski definition) is 0. The van der Waals surface area contributed by atoms with Crippen molar-refractivity contribution in [1.82, 2.24) is 4.98 Å². The van der Waals surface area contributed by atoms with E-state index in [9.17, 15) is 43.5 Å². The summed E-state index contributed by atoms with van der Waals surface area (Å²) in [6, 6.07) is 4.55. The van der Waals surface area contributed by atoms with Crippen LogP contribution in [0.4, 0.5) is 35.1 Å². The van der Waals surface area contributed by atoms with Gasteiger partial charge in [0.15, 0.2) is 0 Å². The van der Waals surface area contributed by atoms with Gasteiger partial charge in [-0.15, -0.1) is 0 Å². The van der Waals surface area contributed by atoms with Gasteiger partial charge in [-0.2, -0.15) is 35.1 Å². The molecule has 0 unspecified atom stereocenters.